The normalized spacial score (nSPS) is 15.9. The van der Waals surface area contributed by atoms with Gasteiger partial charge in [-0.05, 0) is 53.4 Å². The molecular weight excluding hydrogens is 392 g/mol. The third-order valence-electron chi connectivity index (χ3n) is 5.21. The highest BCUT2D eigenvalue weighted by Crippen LogP contribution is 2.23. The molecule has 1 fully saturated rings. The van der Waals surface area contributed by atoms with Gasteiger partial charge in [0.25, 0.3) is 0 Å². The lowest BCUT2D eigenvalue weighted by Crippen LogP contribution is -2.32. The number of nitrogens with zero attached hydrogens (tertiary/aromatic N) is 4. The molecule has 1 aliphatic heterocycles. The van der Waals surface area contributed by atoms with Crippen molar-refractivity contribution in [2.45, 2.75) is 38.8 Å². The van der Waals surface area contributed by atoms with Crippen molar-refractivity contribution in [3.05, 3.63) is 64.0 Å². The maximum Gasteiger partial charge on any atom is 0.229 e. The summed E-state index contributed by atoms with van der Waals surface area (Å²) in [7, 11) is 0. The topological polar surface area (TPSA) is 76.9 Å². The molecule has 30 heavy (non-hydrogen) atoms. The fourth-order valence-electron chi connectivity index (χ4n) is 3.67. The van der Waals surface area contributed by atoms with E-state index in [1.807, 2.05) is 18.2 Å². The molecule has 7 heteroatoms. The van der Waals surface area contributed by atoms with Gasteiger partial charge in [0.2, 0.25) is 5.95 Å². The fourth-order valence-corrected chi connectivity index (χ4v) is 4.34. The third kappa shape index (κ3) is 5.15. The molecule has 3 aromatic rings. The van der Waals surface area contributed by atoms with E-state index in [2.05, 4.69) is 56.4 Å². The predicted octanol–water partition coefficient (Wildman–Crippen LogP) is 4.47. The van der Waals surface area contributed by atoms with E-state index in [1.54, 1.807) is 17.4 Å². The molecule has 0 unspecified atom stereocenters. The van der Waals surface area contributed by atoms with E-state index in [-0.39, 0.29) is 0 Å². The predicted molar refractivity (Wildman–Crippen MR) is 122 cm³/mol. The van der Waals surface area contributed by atoms with Crippen LogP contribution in [0.3, 0.4) is 0 Å². The molecule has 6 nitrogen and oxygen atoms in total. The molecule has 0 radical (unpaired) electrons. The van der Waals surface area contributed by atoms with E-state index >= 15 is 0 Å². The highest BCUT2D eigenvalue weighted by Gasteiger charge is 2.24. The van der Waals surface area contributed by atoms with Crippen LogP contribution in [0.1, 0.15) is 36.6 Å². The Kier molecular flexibility index (Phi) is 6.57. The number of nitriles is 1. The highest BCUT2D eigenvalue weighted by atomic mass is 32.1. The number of nitrogens with one attached hydrogen (secondary N) is 2. The quantitative estimate of drug-likeness (QED) is 0.562. The third-order valence-corrected chi connectivity index (χ3v) is 5.94. The lowest BCUT2D eigenvalue weighted by atomic mass is 10.2. The van der Waals surface area contributed by atoms with Gasteiger partial charge in [-0.1, -0.05) is 19.4 Å². The first-order chi connectivity index (χ1) is 14.7. The van der Waals surface area contributed by atoms with Crippen molar-refractivity contribution in [3.8, 4) is 6.07 Å². The van der Waals surface area contributed by atoms with Crippen molar-refractivity contribution in [3.63, 3.8) is 0 Å². The Morgan fingerprint density at radius 2 is 2.20 bits per heavy atom. The summed E-state index contributed by atoms with van der Waals surface area (Å²) in [5.74, 6) is 1.55. The smallest absolute Gasteiger partial charge is 0.229 e. The second-order valence-electron chi connectivity index (χ2n) is 7.55. The molecule has 1 aromatic carbocycles. The maximum atomic E-state index is 9.14. The second-order valence-corrected chi connectivity index (χ2v) is 8.33. The zero-order valence-corrected chi connectivity index (χ0v) is 18.0. The molecule has 1 saturated heterocycles. The van der Waals surface area contributed by atoms with Gasteiger partial charge in [0.05, 0.1) is 11.6 Å². The summed E-state index contributed by atoms with van der Waals surface area (Å²) in [6, 6.07) is 14.3. The second kappa shape index (κ2) is 9.70. The Labute approximate surface area is 181 Å². The average molecular weight is 419 g/mol. The van der Waals surface area contributed by atoms with Crippen LogP contribution in [0.2, 0.25) is 0 Å². The van der Waals surface area contributed by atoms with E-state index in [9.17, 15) is 0 Å². The highest BCUT2D eigenvalue weighted by molar-refractivity contribution is 7.07. The lowest BCUT2D eigenvalue weighted by molar-refractivity contribution is 0.552. The number of benzene rings is 1. The largest absolute Gasteiger partial charge is 0.355 e. The summed E-state index contributed by atoms with van der Waals surface area (Å²) in [4.78, 5) is 11.8. The zero-order valence-electron chi connectivity index (χ0n) is 17.1. The number of anilines is 3. The fraction of sp³-hybridized carbons (Fsp3) is 0.348. The van der Waals surface area contributed by atoms with E-state index < -0.39 is 0 Å². The van der Waals surface area contributed by atoms with E-state index in [0.717, 1.165) is 56.1 Å². The first kappa shape index (κ1) is 20.3. The molecule has 1 atom stereocenters. The van der Waals surface area contributed by atoms with Gasteiger partial charge in [-0.3, -0.25) is 0 Å². The van der Waals surface area contributed by atoms with Crippen molar-refractivity contribution >= 4 is 28.8 Å². The number of rotatable bonds is 8. The molecular formula is C23H26N6S. The van der Waals surface area contributed by atoms with Gasteiger partial charge in [0.1, 0.15) is 5.82 Å². The van der Waals surface area contributed by atoms with Crippen molar-refractivity contribution < 1.29 is 0 Å². The molecule has 0 amide bonds. The minimum absolute atomic E-state index is 0.457. The first-order valence-electron chi connectivity index (χ1n) is 10.4. The molecule has 2 N–H and O–H groups in total. The van der Waals surface area contributed by atoms with Crippen molar-refractivity contribution in [2.24, 2.45) is 0 Å². The van der Waals surface area contributed by atoms with Gasteiger partial charge in [-0.2, -0.15) is 21.6 Å². The summed E-state index contributed by atoms with van der Waals surface area (Å²) >= 11 is 1.74. The molecule has 4 rings (SSSR count). The summed E-state index contributed by atoms with van der Waals surface area (Å²) in [6.07, 6.45) is 3.05. The van der Waals surface area contributed by atoms with Crippen LogP contribution < -0.4 is 15.5 Å². The van der Waals surface area contributed by atoms with Gasteiger partial charge in [0, 0.05) is 43.1 Å². The summed E-state index contributed by atoms with van der Waals surface area (Å²) < 4.78 is 0. The van der Waals surface area contributed by atoms with E-state index in [4.69, 9.17) is 10.2 Å². The minimum atomic E-state index is 0.457. The molecule has 3 heterocycles. The number of hydrogen-bond donors (Lipinski definition) is 2. The van der Waals surface area contributed by atoms with Crippen LogP contribution in [0.15, 0.2) is 47.2 Å². The number of aryl methyl sites for hydroxylation is 1. The minimum Gasteiger partial charge on any atom is -0.355 e. The Hall–Kier alpha value is -2.95. The van der Waals surface area contributed by atoms with E-state index in [0.29, 0.717) is 17.6 Å². The molecule has 1 aliphatic rings. The number of thiophene rings is 1. The lowest BCUT2D eigenvalue weighted by Gasteiger charge is -2.20. The van der Waals surface area contributed by atoms with Crippen LogP contribution in [-0.2, 0) is 13.0 Å². The number of hydrogen-bond acceptors (Lipinski definition) is 7. The SMILES string of the molecule is CCCc1cc(N2CC[C@H](NCc3ccsc3)C2)nc(Nc2cccc(C#N)c2)n1. The standard InChI is InChI=1S/C23H26N6S/c1-2-4-19-12-22(28-23(26-19)27-20-6-3-5-17(11-20)13-24)29-9-7-21(15-29)25-14-18-8-10-30-16-18/h3,5-6,8,10-12,16,21,25H,2,4,7,9,14-15H2,1H3,(H,26,27,28)/t21-/m0/s1. The Bertz CT molecular complexity index is 1010. The van der Waals surface area contributed by atoms with Crippen LogP contribution in [0.4, 0.5) is 17.5 Å². The Balaban J connectivity index is 1.47. The molecule has 0 bridgehead atoms. The Morgan fingerprint density at radius 1 is 1.27 bits per heavy atom. The summed E-state index contributed by atoms with van der Waals surface area (Å²) in [5, 5.41) is 20.4. The zero-order chi connectivity index (χ0) is 20.8. The summed E-state index contributed by atoms with van der Waals surface area (Å²) in [6.45, 7) is 4.99. The van der Waals surface area contributed by atoms with Crippen molar-refractivity contribution in [1.29, 1.82) is 5.26 Å². The van der Waals surface area contributed by atoms with Crippen LogP contribution in [0.5, 0.6) is 0 Å². The van der Waals surface area contributed by atoms with E-state index in [1.165, 1.54) is 5.56 Å². The molecule has 0 aliphatic carbocycles. The number of aromatic nitrogens is 2. The van der Waals surface area contributed by atoms with Gasteiger partial charge >= 0.3 is 0 Å². The van der Waals surface area contributed by atoms with Gasteiger partial charge in [-0.15, -0.1) is 0 Å². The van der Waals surface area contributed by atoms with Crippen LogP contribution in [0.25, 0.3) is 0 Å². The van der Waals surface area contributed by atoms with Gasteiger partial charge in [0.15, 0.2) is 0 Å². The first-order valence-corrected chi connectivity index (χ1v) is 11.3. The van der Waals surface area contributed by atoms with Gasteiger partial charge < -0.3 is 15.5 Å². The Morgan fingerprint density at radius 3 is 3.00 bits per heavy atom. The molecule has 154 valence electrons. The van der Waals surface area contributed by atoms with Crippen LogP contribution >= 0.6 is 11.3 Å². The van der Waals surface area contributed by atoms with Crippen molar-refractivity contribution in [2.75, 3.05) is 23.3 Å². The molecule has 0 saturated carbocycles. The summed E-state index contributed by atoms with van der Waals surface area (Å²) in [5.41, 5.74) is 3.82. The monoisotopic (exact) mass is 418 g/mol. The molecule has 0 spiro atoms. The van der Waals surface area contributed by atoms with Crippen LogP contribution in [0, 0.1) is 11.3 Å². The average Bonchev–Trinajstić information content (AvgIpc) is 3.44. The van der Waals surface area contributed by atoms with Crippen molar-refractivity contribution in [1.82, 2.24) is 15.3 Å². The maximum absolute atomic E-state index is 9.14. The van der Waals surface area contributed by atoms with Crippen LogP contribution in [-0.4, -0.2) is 29.1 Å². The molecule has 2 aromatic heterocycles. The van der Waals surface area contributed by atoms with Gasteiger partial charge in [-0.25, -0.2) is 4.98 Å².